The number of carbonyl (C=O) groups excluding carboxylic acids is 1. The van der Waals surface area contributed by atoms with E-state index < -0.39 is 0 Å². The number of aromatic nitrogens is 1. The van der Waals surface area contributed by atoms with Crippen molar-refractivity contribution in [1.82, 2.24) is 9.88 Å². The molecule has 0 atom stereocenters. The van der Waals surface area contributed by atoms with E-state index in [0.29, 0.717) is 23.2 Å². The van der Waals surface area contributed by atoms with Gasteiger partial charge in [0.25, 0.3) is 0 Å². The van der Waals surface area contributed by atoms with Gasteiger partial charge in [0, 0.05) is 18.1 Å². The molecule has 0 saturated carbocycles. The van der Waals surface area contributed by atoms with Crippen LogP contribution < -0.4 is 14.8 Å². The van der Waals surface area contributed by atoms with Gasteiger partial charge in [-0.25, -0.2) is 4.98 Å². The van der Waals surface area contributed by atoms with Crippen molar-refractivity contribution in [1.29, 1.82) is 0 Å². The Labute approximate surface area is 133 Å². The Morgan fingerprint density at radius 1 is 1.32 bits per heavy atom. The number of rotatable bonds is 7. The lowest BCUT2D eigenvalue weighted by atomic mass is 10.2. The minimum atomic E-state index is -0.0853. The molecule has 2 rings (SSSR count). The minimum Gasteiger partial charge on any atom is -0.493 e. The van der Waals surface area contributed by atoms with E-state index in [1.807, 2.05) is 35.5 Å². The average molecular weight is 321 g/mol. The van der Waals surface area contributed by atoms with Crippen LogP contribution >= 0.6 is 11.3 Å². The molecule has 1 heterocycles. The average Bonchev–Trinajstić information content (AvgIpc) is 2.99. The summed E-state index contributed by atoms with van der Waals surface area (Å²) in [6, 6.07) is 5.72. The number of hydrogen-bond acceptors (Lipinski definition) is 6. The van der Waals surface area contributed by atoms with E-state index in [1.54, 1.807) is 20.4 Å². The zero-order valence-corrected chi connectivity index (χ0v) is 13.6. The number of nitrogens with zero attached hydrogens (tertiary/aromatic N) is 2. The number of anilines is 1. The van der Waals surface area contributed by atoms with Crippen LogP contribution in [0.2, 0.25) is 0 Å². The Morgan fingerprint density at radius 3 is 2.73 bits per heavy atom. The molecule has 0 bridgehead atoms. The molecule has 2 aromatic rings. The standard InChI is InChI=1S/C15H19N3O3S/c1-18(10-14(19)17-15-16-6-7-22-15)9-11-4-5-12(20-2)13(8-11)21-3/h4-8H,9-10H2,1-3H3,(H,16,17,19). The number of thiazole rings is 1. The lowest BCUT2D eigenvalue weighted by Gasteiger charge is -2.17. The van der Waals surface area contributed by atoms with Gasteiger partial charge in [0.15, 0.2) is 16.6 Å². The maximum absolute atomic E-state index is 11.9. The molecule has 0 saturated heterocycles. The Kier molecular flexibility index (Phi) is 5.74. The van der Waals surface area contributed by atoms with Crippen LogP contribution in [0.3, 0.4) is 0 Å². The summed E-state index contributed by atoms with van der Waals surface area (Å²) in [6.45, 7) is 0.916. The topological polar surface area (TPSA) is 63.7 Å². The summed E-state index contributed by atoms with van der Waals surface area (Å²) in [5.41, 5.74) is 1.04. The van der Waals surface area contributed by atoms with Gasteiger partial charge in [-0.1, -0.05) is 6.07 Å². The molecule has 0 radical (unpaired) electrons. The van der Waals surface area contributed by atoms with Crippen LogP contribution in [-0.2, 0) is 11.3 Å². The number of likely N-dealkylation sites (N-methyl/N-ethyl adjacent to an activating group) is 1. The van der Waals surface area contributed by atoms with Gasteiger partial charge in [-0.15, -0.1) is 11.3 Å². The maximum Gasteiger partial charge on any atom is 0.240 e. The predicted octanol–water partition coefficient (Wildman–Crippen LogP) is 2.23. The molecular weight excluding hydrogens is 302 g/mol. The molecule has 1 aromatic carbocycles. The SMILES string of the molecule is COc1ccc(CN(C)CC(=O)Nc2nccs2)cc1OC. The van der Waals surface area contributed by atoms with E-state index >= 15 is 0 Å². The van der Waals surface area contributed by atoms with Crippen molar-refractivity contribution in [3.05, 3.63) is 35.3 Å². The molecule has 7 heteroatoms. The molecule has 6 nitrogen and oxygen atoms in total. The van der Waals surface area contributed by atoms with E-state index in [-0.39, 0.29) is 12.5 Å². The van der Waals surface area contributed by atoms with Gasteiger partial charge in [-0.2, -0.15) is 0 Å². The van der Waals surface area contributed by atoms with Gasteiger partial charge in [-0.05, 0) is 24.7 Å². The predicted molar refractivity (Wildman–Crippen MR) is 86.6 cm³/mol. The second kappa shape index (κ2) is 7.77. The fourth-order valence-corrected chi connectivity index (χ4v) is 2.58. The third kappa shape index (κ3) is 4.44. The number of hydrogen-bond donors (Lipinski definition) is 1. The lowest BCUT2D eigenvalue weighted by molar-refractivity contribution is -0.117. The van der Waals surface area contributed by atoms with Gasteiger partial charge >= 0.3 is 0 Å². The second-order valence-electron chi connectivity index (χ2n) is 4.75. The van der Waals surface area contributed by atoms with Crippen molar-refractivity contribution in [2.45, 2.75) is 6.54 Å². The summed E-state index contributed by atoms with van der Waals surface area (Å²) in [4.78, 5) is 17.9. The fraction of sp³-hybridized carbons (Fsp3) is 0.333. The van der Waals surface area contributed by atoms with Crippen molar-refractivity contribution in [2.24, 2.45) is 0 Å². The number of benzene rings is 1. The molecule has 1 aromatic heterocycles. The summed E-state index contributed by atoms with van der Waals surface area (Å²) < 4.78 is 10.5. The molecule has 22 heavy (non-hydrogen) atoms. The monoisotopic (exact) mass is 321 g/mol. The van der Waals surface area contributed by atoms with Gasteiger partial charge in [0.2, 0.25) is 5.91 Å². The Hall–Kier alpha value is -2.12. The van der Waals surface area contributed by atoms with Gasteiger partial charge < -0.3 is 14.8 Å². The normalized spacial score (nSPS) is 10.5. The molecule has 1 N–H and O–H groups in total. The van der Waals surface area contributed by atoms with Crippen LogP contribution in [-0.4, -0.2) is 43.6 Å². The Balaban J connectivity index is 1.91. The molecule has 118 valence electrons. The van der Waals surface area contributed by atoms with E-state index in [2.05, 4.69) is 10.3 Å². The summed E-state index contributed by atoms with van der Waals surface area (Å²) in [5, 5.41) is 5.20. The summed E-state index contributed by atoms with van der Waals surface area (Å²) in [5.74, 6) is 1.29. The number of carbonyl (C=O) groups is 1. The Morgan fingerprint density at radius 2 is 2.09 bits per heavy atom. The van der Waals surface area contributed by atoms with Gasteiger partial charge in [-0.3, -0.25) is 9.69 Å². The number of nitrogens with one attached hydrogen (secondary N) is 1. The first kappa shape index (κ1) is 16.3. The van der Waals surface area contributed by atoms with E-state index in [0.717, 1.165) is 5.56 Å². The van der Waals surface area contributed by atoms with Crippen molar-refractivity contribution in [2.75, 3.05) is 33.1 Å². The highest BCUT2D eigenvalue weighted by molar-refractivity contribution is 7.13. The van der Waals surface area contributed by atoms with Crippen LogP contribution in [0.25, 0.3) is 0 Å². The second-order valence-corrected chi connectivity index (χ2v) is 5.64. The Bertz CT molecular complexity index is 617. The number of ether oxygens (including phenoxy) is 2. The largest absolute Gasteiger partial charge is 0.493 e. The van der Waals surface area contributed by atoms with Crippen molar-refractivity contribution < 1.29 is 14.3 Å². The molecule has 0 aliphatic rings. The summed E-state index contributed by atoms with van der Waals surface area (Å²) in [6.07, 6.45) is 1.66. The zero-order chi connectivity index (χ0) is 15.9. The lowest BCUT2D eigenvalue weighted by Crippen LogP contribution is -2.29. The molecule has 1 amide bonds. The smallest absolute Gasteiger partial charge is 0.240 e. The molecule has 0 aliphatic carbocycles. The highest BCUT2D eigenvalue weighted by Gasteiger charge is 2.10. The van der Waals surface area contributed by atoms with Crippen LogP contribution in [0.1, 0.15) is 5.56 Å². The maximum atomic E-state index is 11.9. The highest BCUT2D eigenvalue weighted by atomic mass is 32.1. The van der Waals surface area contributed by atoms with Crippen LogP contribution in [0.5, 0.6) is 11.5 Å². The first-order valence-corrected chi connectivity index (χ1v) is 7.59. The molecule has 0 fully saturated rings. The van der Waals surface area contributed by atoms with E-state index in [9.17, 15) is 4.79 Å². The van der Waals surface area contributed by atoms with Crippen LogP contribution in [0.15, 0.2) is 29.8 Å². The number of amides is 1. The third-order valence-corrected chi connectivity index (χ3v) is 3.68. The first-order valence-electron chi connectivity index (χ1n) is 6.71. The number of methoxy groups -OCH3 is 2. The third-order valence-electron chi connectivity index (χ3n) is 2.99. The summed E-state index contributed by atoms with van der Waals surface area (Å²) in [7, 11) is 5.09. The summed E-state index contributed by atoms with van der Waals surface area (Å²) >= 11 is 1.40. The van der Waals surface area contributed by atoms with Gasteiger partial charge in [0.05, 0.1) is 20.8 Å². The van der Waals surface area contributed by atoms with E-state index in [4.69, 9.17) is 9.47 Å². The minimum absolute atomic E-state index is 0.0853. The first-order chi connectivity index (χ1) is 10.6. The zero-order valence-electron chi connectivity index (χ0n) is 12.8. The van der Waals surface area contributed by atoms with Crippen LogP contribution in [0, 0.1) is 0 Å². The molecule has 0 unspecified atom stereocenters. The van der Waals surface area contributed by atoms with E-state index in [1.165, 1.54) is 11.3 Å². The van der Waals surface area contributed by atoms with Gasteiger partial charge in [0.1, 0.15) is 0 Å². The molecular formula is C15H19N3O3S. The highest BCUT2D eigenvalue weighted by Crippen LogP contribution is 2.27. The molecule has 0 spiro atoms. The van der Waals surface area contributed by atoms with Crippen molar-refractivity contribution in [3.8, 4) is 11.5 Å². The van der Waals surface area contributed by atoms with Crippen molar-refractivity contribution in [3.63, 3.8) is 0 Å². The van der Waals surface area contributed by atoms with Crippen molar-refractivity contribution >= 4 is 22.4 Å². The quantitative estimate of drug-likeness (QED) is 0.847. The molecule has 0 aliphatic heterocycles. The van der Waals surface area contributed by atoms with Crippen LogP contribution in [0.4, 0.5) is 5.13 Å². The fourth-order valence-electron chi connectivity index (χ4n) is 2.04.